The minimum Gasteiger partial charge on any atom is -0.355 e. The van der Waals surface area contributed by atoms with E-state index in [0.717, 1.165) is 30.4 Å². The van der Waals surface area contributed by atoms with E-state index in [0.29, 0.717) is 0 Å². The lowest BCUT2D eigenvalue weighted by Gasteiger charge is -2.08. The van der Waals surface area contributed by atoms with Crippen molar-refractivity contribution in [2.45, 2.75) is 20.3 Å². The number of hydrogen-bond donors (Lipinski definition) is 1. The van der Waals surface area contributed by atoms with E-state index in [1.165, 1.54) is 0 Å². The van der Waals surface area contributed by atoms with E-state index in [1.807, 2.05) is 35.5 Å². The van der Waals surface area contributed by atoms with Gasteiger partial charge in [0, 0.05) is 25.9 Å². The lowest BCUT2D eigenvalue weighted by molar-refractivity contribution is 0.729. The van der Waals surface area contributed by atoms with E-state index >= 15 is 0 Å². The molecular weight excluding hydrogens is 202 g/mol. The van der Waals surface area contributed by atoms with Crippen LogP contribution in [-0.2, 0) is 7.05 Å². The second kappa shape index (κ2) is 4.38. The van der Waals surface area contributed by atoms with Crippen LogP contribution in [0.2, 0.25) is 0 Å². The van der Waals surface area contributed by atoms with Crippen LogP contribution in [-0.4, -0.2) is 25.9 Å². The summed E-state index contributed by atoms with van der Waals surface area (Å²) in [5, 5.41) is 7.47. The van der Waals surface area contributed by atoms with Crippen LogP contribution in [0.25, 0.3) is 5.82 Å². The first-order valence-corrected chi connectivity index (χ1v) is 5.50. The normalized spacial score (nSPS) is 10.7. The third kappa shape index (κ3) is 1.93. The van der Waals surface area contributed by atoms with Gasteiger partial charge >= 0.3 is 0 Å². The first-order valence-electron chi connectivity index (χ1n) is 5.50. The lowest BCUT2D eigenvalue weighted by atomic mass is 10.5. The van der Waals surface area contributed by atoms with Crippen molar-refractivity contribution in [3.05, 3.63) is 24.2 Å². The average Bonchev–Trinajstić information content (AvgIpc) is 2.81. The maximum absolute atomic E-state index is 4.46. The number of hydrogen-bond acceptors (Lipinski definition) is 3. The number of rotatable bonds is 4. The molecule has 16 heavy (non-hydrogen) atoms. The van der Waals surface area contributed by atoms with Gasteiger partial charge in [-0.2, -0.15) is 5.10 Å². The molecule has 0 saturated heterocycles. The Bertz CT molecular complexity index is 468. The van der Waals surface area contributed by atoms with E-state index < -0.39 is 0 Å². The molecule has 2 aromatic heterocycles. The van der Waals surface area contributed by atoms with E-state index in [9.17, 15) is 0 Å². The van der Waals surface area contributed by atoms with Gasteiger partial charge < -0.3 is 5.32 Å². The Hall–Kier alpha value is -1.78. The van der Waals surface area contributed by atoms with Crippen LogP contribution >= 0.6 is 0 Å². The van der Waals surface area contributed by atoms with Gasteiger partial charge in [-0.15, -0.1) is 0 Å². The van der Waals surface area contributed by atoms with Gasteiger partial charge in [-0.05, 0) is 13.3 Å². The largest absolute Gasteiger partial charge is 0.355 e. The highest BCUT2D eigenvalue weighted by atomic mass is 15.3. The van der Waals surface area contributed by atoms with Crippen LogP contribution in [0.5, 0.6) is 0 Å². The van der Waals surface area contributed by atoms with E-state index in [2.05, 4.69) is 22.3 Å². The summed E-state index contributed by atoms with van der Waals surface area (Å²) in [4.78, 5) is 4.46. The summed E-state index contributed by atoms with van der Waals surface area (Å²) < 4.78 is 3.86. The molecule has 2 aromatic rings. The lowest BCUT2D eigenvalue weighted by Crippen LogP contribution is -2.09. The molecule has 0 aromatic carbocycles. The molecule has 5 heteroatoms. The van der Waals surface area contributed by atoms with Crippen LogP contribution in [0.15, 0.2) is 18.5 Å². The smallest absolute Gasteiger partial charge is 0.208 e. The topological polar surface area (TPSA) is 47.7 Å². The summed E-state index contributed by atoms with van der Waals surface area (Å²) >= 11 is 0. The molecule has 0 saturated carbocycles. The first-order chi connectivity index (χ1) is 7.72. The van der Waals surface area contributed by atoms with Crippen LogP contribution in [0, 0.1) is 6.92 Å². The molecule has 0 spiro atoms. The van der Waals surface area contributed by atoms with Gasteiger partial charge in [-0.3, -0.25) is 9.25 Å². The molecule has 0 fully saturated rings. The minimum absolute atomic E-state index is 0.878. The molecule has 0 atom stereocenters. The van der Waals surface area contributed by atoms with Crippen LogP contribution in [0.4, 0.5) is 5.95 Å². The number of aryl methyl sites for hydroxylation is 2. The fourth-order valence-electron chi connectivity index (χ4n) is 1.64. The minimum atomic E-state index is 0.878. The zero-order chi connectivity index (χ0) is 11.5. The molecule has 2 heterocycles. The average molecular weight is 219 g/mol. The monoisotopic (exact) mass is 219 g/mol. The zero-order valence-corrected chi connectivity index (χ0v) is 9.94. The van der Waals surface area contributed by atoms with Gasteiger partial charge in [0.1, 0.15) is 5.82 Å². The SMILES string of the molecule is CCCNc1nc(C)cn1-c1ccnn1C. The van der Waals surface area contributed by atoms with Crippen molar-refractivity contribution < 1.29 is 0 Å². The van der Waals surface area contributed by atoms with Crippen molar-refractivity contribution in [2.75, 3.05) is 11.9 Å². The molecule has 0 aliphatic carbocycles. The second-order valence-electron chi connectivity index (χ2n) is 3.82. The molecule has 1 N–H and O–H groups in total. The van der Waals surface area contributed by atoms with Gasteiger partial charge in [0.25, 0.3) is 0 Å². The number of aromatic nitrogens is 4. The Balaban J connectivity index is 2.36. The molecule has 2 rings (SSSR count). The van der Waals surface area contributed by atoms with Gasteiger partial charge in [-0.1, -0.05) is 6.92 Å². The first kappa shape index (κ1) is 10.7. The predicted molar refractivity (Wildman–Crippen MR) is 63.8 cm³/mol. The number of imidazole rings is 1. The maximum atomic E-state index is 4.46. The summed E-state index contributed by atoms with van der Waals surface area (Å²) in [5.41, 5.74) is 1.000. The van der Waals surface area contributed by atoms with Crippen LogP contribution in [0.1, 0.15) is 19.0 Å². The molecule has 0 bridgehead atoms. The van der Waals surface area contributed by atoms with Crippen molar-refractivity contribution in [1.29, 1.82) is 0 Å². The second-order valence-corrected chi connectivity index (χ2v) is 3.82. The summed E-state index contributed by atoms with van der Waals surface area (Å²) in [5.74, 6) is 1.89. The third-order valence-electron chi connectivity index (χ3n) is 2.40. The van der Waals surface area contributed by atoms with E-state index in [-0.39, 0.29) is 0 Å². The Labute approximate surface area is 95.1 Å². The van der Waals surface area contributed by atoms with Gasteiger partial charge in [0.15, 0.2) is 0 Å². The quantitative estimate of drug-likeness (QED) is 0.852. The molecule has 0 unspecified atom stereocenters. The van der Waals surface area contributed by atoms with Crippen LogP contribution < -0.4 is 5.32 Å². The highest BCUT2D eigenvalue weighted by Gasteiger charge is 2.09. The van der Waals surface area contributed by atoms with Crippen molar-refractivity contribution >= 4 is 5.95 Å². The number of nitrogens with zero attached hydrogens (tertiary/aromatic N) is 4. The summed E-state index contributed by atoms with van der Waals surface area (Å²) in [6, 6.07) is 1.97. The highest BCUT2D eigenvalue weighted by molar-refractivity contribution is 5.38. The Morgan fingerprint density at radius 1 is 1.44 bits per heavy atom. The Morgan fingerprint density at radius 2 is 2.25 bits per heavy atom. The van der Waals surface area contributed by atoms with Crippen LogP contribution in [0.3, 0.4) is 0 Å². The third-order valence-corrected chi connectivity index (χ3v) is 2.40. The van der Waals surface area contributed by atoms with Gasteiger partial charge in [0.2, 0.25) is 5.95 Å². The van der Waals surface area contributed by atoms with Crippen molar-refractivity contribution in [1.82, 2.24) is 19.3 Å². The summed E-state index contributed by atoms with van der Waals surface area (Å²) in [6.45, 7) is 5.05. The fourth-order valence-corrected chi connectivity index (χ4v) is 1.64. The Kier molecular flexibility index (Phi) is 2.94. The van der Waals surface area contributed by atoms with Gasteiger partial charge in [-0.25, -0.2) is 4.98 Å². The summed E-state index contributed by atoms with van der Waals surface area (Å²) in [7, 11) is 1.92. The Morgan fingerprint density at radius 3 is 2.88 bits per heavy atom. The number of nitrogens with one attached hydrogen (secondary N) is 1. The summed E-state index contributed by atoms with van der Waals surface area (Å²) in [6.07, 6.45) is 4.88. The zero-order valence-electron chi connectivity index (χ0n) is 9.94. The van der Waals surface area contributed by atoms with Crippen molar-refractivity contribution in [3.8, 4) is 5.82 Å². The van der Waals surface area contributed by atoms with Crippen molar-refractivity contribution in [2.24, 2.45) is 7.05 Å². The van der Waals surface area contributed by atoms with Crippen molar-refractivity contribution in [3.63, 3.8) is 0 Å². The molecule has 86 valence electrons. The molecule has 5 nitrogen and oxygen atoms in total. The molecule has 0 radical (unpaired) electrons. The van der Waals surface area contributed by atoms with Gasteiger partial charge in [0.05, 0.1) is 11.9 Å². The maximum Gasteiger partial charge on any atom is 0.208 e. The molecule has 0 aliphatic rings. The molecular formula is C11H17N5. The van der Waals surface area contributed by atoms with E-state index in [1.54, 1.807) is 6.20 Å². The predicted octanol–water partition coefficient (Wildman–Crippen LogP) is 1.74. The standard InChI is InChI=1S/C11H17N5/c1-4-6-12-11-14-9(2)8-16(11)10-5-7-13-15(10)3/h5,7-8H,4,6H2,1-3H3,(H,12,14). The van der Waals surface area contributed by atoms with E-state index in [4.69, 9.17) is 0 Å². The highest BCUT2D eigenvalue weighted by Crippen LogP contribution is 2.15. The number of anilines is 1. The molecule has 0 aliphatic heterocycles. The molecule has 0 amide bonds. The fraction of sp³-hybridized carbons (Fsp3) is 0.455.